The van der Waals surface area contributed by atoms with Crippen LogP contribution in [0.2, 0.25) is 0 Å². The molecule has 0 saturated carbocycles. The molecule has 94 valence electrons. The molecule has 0 heterocycles. The fourth-order valence-electron chi connectivity index (χ4n) is 1.24. The van der Waals surface area contributed by atoms with E-state index in [1.54, 1.807) is 19.1 Å². The second-order valence-corrected chi connectivity index (χ2v) is 3.24. The molecule has 0 aliphatic heterocycles. The quantitative estimate of drug-likeness (QED) is 0.822. The molecule has 1 rings (SSSR count). The van der Waals surface area contributed by atoms with Crippen LogP contribution in [0.5, 0.6) is 0 Å². The minimum absolute atomic E-state index is 0.211. The number of esters is 1. The number of rotatable bonds is 3. The first-order valence-corrected chi connectivity index (χ1v) is 5.47. The summed E-state index contributed by atoms with van der Waals surface area (Å²) in [5.41, 5.74) is 1.30. The van der Waals surface area contributed by atoms with E-state index in [2.05, 4.69) is 4.74 Å². The number of benzene rings is 1. The predicted molar refractivity (Wildman–Crippen MR) is 65.1 cm³/mol. The number of carbonyl (C=O) groups excluding carboxylic acids is 1. The zero-order chi connectivity index (χ0) is 13.3. The molecule has 0 aromatic heterocycles. The summed E-state index contributed by atoms with van der Waals surface area (Å²) in [6, 6.07) is 7.05. The lowest BCUT2D eigenvalue weighted by atomic mass is 10.1. The van der Waals surface area contributed by atoms with Crippen LogP contribution in [0, 0.1) is 0 Å². The summed E-state index contributed by atoms with van der Waals surface area (Å²) in [7, 11) is 0. The van der Waals surface area contributed by atoms with Crippen LogP contribution in [0.15, 0.2) is 24.3 Å². The lowest BCUT2D eigenvalue weighted by Crippen LogP contribution is -2.00. The largest absolute Gasteiger partial charge is 0.478 e. The van der Waals surface area contributed by atoms with E-state index in [0.29, 0.717) is 12.2 Å². The molecule has 1 aromatic rings. The molecular weight excluding hydrogens is 220 g/mol. The molecule has 1 aromatic carbocycles. The van der Waals surface area contributed by atoms with Crippen LogP contribution in [-0.2, 0) is 16.0 Å². The average Bonchev–Trinajstić information content (AvgIpc) is 2.29. The third kappa shape index (κ3) is 6.35. The van der Waals surface area contributed by atoms with Crippen LogP contribution >= 0.6 is 0 Å². The third-order valence-corrected chi connectivity index (χ3v) is 1.98. The van der Waals surface area contributed by atoms with Gasteiger partial charge in [-0.15, -0.1) is 0 Å². The highest BCUT2D eigenvalue weighted by Gasteiger charge is 2.05. The van der Waals surface area contributed by atoms with Gasteiger partial charge in [-0.2, -0.15) is 0 Å². The van der Waals surface area contributed by atoms with Gasteiger partial charge in [-0.1, -0.05) is 25.1 Å². The van der Waals surface area contributed by atoms with Gasteiger partial charge < -0.3 is 9.84 Å². The SMILES string of the molecule is CCOC(C)=O.CCc1ccccc1C(=O)O. The number of aryl methyl sites for hydroxylation is 1. The van der Waals surface area contributed by atoms with Crippen molar-refractivity contribution in [2.24, 2.45) is 0 Å². The van der Waals surface area contributed by atoms with Crippen molar-refractivity contribution in [3.05, 3.63) is 35.4 Å². The van der Waals surface area contributed by atoms with Crippen molar-refractivity contribution in [1.82, 2.24) is 0 Å². The summed E-state index contributed by atoms with van der Waals surface area (Å²) in [5.74, 6) is -1.06. The summed E-state index contributed by atoms with van der Waals surface area (Å²) < 4.78 is 4.40. The molecule has 0 aliphatic rings. The fraction of sp³-hybridized carbons (Fsp3) is 0.385. The number of carboxylic acids is 1. The third-order valence-electron chi connectivity index (χ3n) is 1.98. The van der Waals surface area contributed by atoms with Gasteiger partial charge in [0, 0.05) is 6.92 Å². The molecule has 0 radical (unpaired) electrons. The lowest BCUT2D eigenvalue weighted by Gasteiger charge is -2.00. The smallest absolute Gasteiger partial charge is 0.335 e. The Morgan fingerprint density at radius 2 is 1.82 bits per heavy atom. The van der Waals surface area contributed by atoms with Crippen LogP contribution in [0.1, 0.15) is 36.7 Å². The van der Waals surface area contributed by atoms with E-state index in [0.717, 1.165) is 12.0 Å². The standard InChI is InChI=1S/C9H10O2.C4H8O2/c1-2-7-5-3-4-6-8(7)9(10)11;1-3-6-4(2)5/h3-6H,2H2,1H3,(H,10,11);3H2,1-2H3. The summed E-state index contributed by atoms with van der Waals surface area (Å²) >= 11 is 0. The van der Waals surface area contributed by atoms with Gasteiger partial charge in [-0.05, 0) is 25.0 Å². The highest BCUT2D eigenvalue weighted by Crippen LogP contribution is 2.08. The van der Waals surface area contributed by atoms with Crippen LogP contribution in [-0.4, -0.2) is 23.7 Å². The molecular formula is C13H18O4. The normalized spacial score (nSPS) is 8.88. The van der Waals surface area contributed by atoms with Crippen molar-refractivity contribution in [3.8, 4) is 0 Å². The Labute approximate surface area is 101 Å². The minimum Gasteiger partial charge on any atom is -0.478 e. The van der Waals surface area contributed by atoms with Gasteiger partial charge >= 0.3 is 11.9 Å². The van der Waals surface area contributed by atoms with Gasteiger partial charge in [0.1, 0.15) is 0 Å². The van der Waals surface area contributed by atoms with Crippen molar-refractivity contribution in [2.75, 3.05) is 6.61 Å². The Kier molecular flexibility index (Phi) is 7.43. The molecule has 0 saturated heterocycles. The molecule has 0 bridgehead atoms. The minimum atomic E-state index is -0.845. The van der Waals surface area contributed by atoms with Crippen molar-refractivity contribution in [2.45, 2.75) is 27.2 Å². The summed E-state index contributed by atoms with van der Waals surface area (Å²) in [4.78, 5) is 20.4. The van der Waals surface area contributed by atoms with E-state index in [1.165, 1.54) is 6.92 Å². The van der Waals surface area contributed by atoms with Crippen LogP contribution in [0.3, 0.4) is 0 Å². The van der Waals surface area contributed by atoms with Gasteiger partial charge in [-0.3, -0.25) is 4.79 Å². The molecule has 1 N–H and O–H groups in total. The van der Waals surface area contributed by atoms with Crippen molar-refractivity contribution in [1.29, 1.82) is 0 Å². The molecule has 4 nitrogen and oxygen atoms in total. The monoisotopic (exact) mass is 238 g/mol. The zero-order valence-corrected chi connectivity index (χ0v) is 10.4. The Hall–Kier alpha value is -1.84. The molecule has 17 heavy (non-hydrogen) atoms. The van der Waals surface area contributed by atoms with Crippen molar-refractivity contribution >= 4 is 11.9 Å². The summed E-state index contributed by atoms with van der Waals surface area (Å²) in [6.07, 6.45) is 0.766. The first kappa shape index (κ1) is 15.2. The number of ether oxygens (including phenoxy) is 1. The maximum Gasteiger partial charge on any atom is 0.335 e. The topological polar surface area (TPSA) is 63.6 Å². The molecule has 0 spiro atoms. The maximum absolute atomic E-state index is 10.6. The molecule has 0 fully saturated rings. The van der Waals surface area contributed by atoms with E-state index >= 15 is 0 Å². The average molecular weight is 238 g/mol. The van der Waals surface area contributed by atoms with E-state index in [1.807, 2.05) is 19.1 Å². The van der Waals surface area contributed by atoms with E-state index < -0.39 is 5.97 Å². The van der Waals surface area contributed by atoms with Gasteiger partial charge in [0.2, 0.25) is 0 Å². The number of aromatic carboxylic acids is 1. The second kappa shape index (κ2) is 8.33. The summed E-state index contributed by atoms with van der Waals surface area (Å²) in [5, 5.41) is 8.70. The lowest BCUT2D eigenvalue weighted by molar-refractivity contribution is -0.140. The van der Waals surface area contributed by atoms with Crippen LogP contribution in [0.4, 0.5) is 0 Å². The Morgan fingerprint density at radius 3 is 2.12 bits per heavy atom. The van der Waals surface area contributed by atoms with E-state index in [9.17, 15) is 9.59 Å². The van der Waals surface area contributed by atoms with E-state index in [4.69, 9.17) is 5.11 Å². The first-order chi connectivity index (χ1) is 8.02. The highest BCUT2D eigenvalue weighted by atomic mass is 16.5. The van der Waals surface area contributed by atoms with Gasteiger partial charge in [0.25, 0.3) is 0 Å². The Bertz CT molecular complexity index is 371. The predicted octanol–water partition coefficient (Wildman–Crippen LogP) is 2.52. The van der Waals surface area contributed by atoms with Gasteiger partial charge in [0.15, 0.2) is 0 Å². The number of hydrogen-bond donors (Lipinski definition) is 1. The van der Waals surface area contributed by atoms with Gasteiger partial charge in [-0.25, -0.2) is 4.79 Å². The molecule has 4 heteroatoms. The van der Waals surface area contributed by atoms with Crippen molar-refractivity contribution in [3.63, 3.8) is 0 Å². The molecule has 0 atom stereocenters. The molecule has 0 unspecified atom stereocenters. The Morgan fingerprint density at radius 1 is 1.24 bits per heavy atom. The van der Waals surface area contributed by atoms with Gasteiger partial charge in [0.05, 0.1) is 12.2 Å². The number of carboxylic acid groups (broad SMARTS) is 1. The molecule has 0 amide bonds. The number of hydrogen-bond acceptors (Lipinski definition) is 3. The molecule has 0 aliphatic carbocycles. The van der Waals surface area contributed by atoms with Crippen LogP contribution in [0.25, 0.3) is 0 Å². The van der Waals surface area contributed by atoms with E-state index in [-0.39, 0.29) is 5.97 Å². The second-order valence-electron chi connectivity index (χ2n) is 3.24. The first-order valence-electron chi connectivity index (χ1n) is 5.47. The maximum atomic E-state index is 10.6. The summed E-state index contributed by atoms with van der Waals surface area (Å²) in [6.45, 7) is 5.60. The van der Waals surface area contributed by atoms with Crippen LogP contribution < -0.4 is 0 Å². The fourth-order valence-corrected chi connectivity index (χ4v) is 1.24. The van der Waals surface area contributed by atoms with Crippen molar-refractivity contribution < 1.29 is 19.4 Å². The Balaban J connectivity index is 0.000000366. The number of carbonyl (C=O) groups is 2. The highest BCUT2D eigenvalue weighted by molar-refractivity contribution is 5.89. The zero-order valence-electron chi connectivity index (χ0n) is 10.4.